The normalized spacial score (nSPS) is 18.9. The fourth-order valence-electron chi connectivity index (χ4n) is 3.05. The van der Waals surface area contributed by atoms with E-state index in [-0.39, 0.29) is 34.8 Å². The van der Waals surface area contributed by atoms with Gasteiger partial charge in [0.25, 0.3) is 5.56 Å². The number of nitrogens with zero attached hydrogens (tertiary/aromatic N) is 3. The van der Waals surface area contributed by atoms with Crippen LogP contribution in [-0.4, -0.2) is 59.1 Å². The zero-order valence-electron chi connectivity index (χ0n) is 14.7. The van der Waals surface area contributed by atoms with E-state index in [4.69, 9.17) is 0 Å². The zero-order valence-corrected chi connectivity index (χ0v) is 16.3. The second-order valence-electron chi connectivity index (χ2n) is 6.31. The first kappa shape index (κ1) is 18.9. The van der Waals surface area contributed by atoms with Crippen molar-refractivity contribution >= 4 is 38.4 Å². The number of sulfone groups is 1. The van der Waals surface area contributed by atoms with Crippen LogP contribution < -0.4 is 5.56 Å². The SMILES string of the molecule is CCn1c(SCC(=O)N(C)[C@H]2CCS(=O)(=O)C2)nc2ccccc2c1=O. The predicted molar refractivity (Wildman–Crippen MR) is 102 cm³/mol. The van der Waals surface area contributed by atoms with Crippen molar-refractivity contribution in [2.45, 2.75) is 31.1 Å². The van der Waals surface area contributed by atoms with Gasteiger partial charge in [-0.3, -0.25) is 14.2 Å². The number of fused-ring (bicyclic) bond motifs is 1. The Kier molecular flexibility index (Phi) is 5.38. The summed E-state index contributed by atoms with van der Waals surface area (Å²) in [6, 6.07) is 6.86. The molecular formula is C17H21N3O4S2. The van der Waals surface area contributed by atoms with Gasteiger partial charge in [0, 0.05) is 19.6 Å². The van der Waals surface area contributed by atoms with Crippen LogP contribution in [0.1, 0.15) is 13.3 Å². The van der Waals surface area contributed by atoms with Crippen LogP contribution in [0.3, 0.4) is 0 Å². The molecule has 26 heavy (non-hydrogen) atoms. The largest absolute Gasteiger partial charge is 0.341 e. The van der Waals surface area contributed by atoms with E-state index in [1.54, 1.807) is 29.8 Å². The van der Waals surface area contributed by atoms with Crippen LogP contribution in [0.2, 0.25) is 0 Å². The van der Waals surface area contributed by atoms with Crippen molar-refractivity contribution in [1.82, 2.24) is 14.5 Å². The van der Waals surface area contributed by atoms with Crippen LogP contribution in [0.4, 0.5) is 0 Å². The summed E-state index contributed by atoms with van der Waals surface area (Å²) in [5, 5.41) is 1.05. The van der Waals surface area contributed by atoms with E-state index in [9.17, 15) is 18.0 Å². The van der Waals surface area contributed by atoms with E-state index in [0.717, 1.165) is 0 Å². The number of thioether (sulfide) groups is 1. The van der Waals surface area contributed by atoms with Crippen LogP contribution in [-0.2, 0) is 21.2 Å². The highest BCUT2D eigenvalue weighted by Crippen LogP contribution is 2.21. The highest BCUT2D eigenvalue weighted by Gasteiger charge is 2.32. The maximum absolute atomic E-state index is 12.6. The minimum atomic E-state index is -3.04. The fourth-order valence-corrected chi connectivity index (χ4v) is 5.81. The average Bonchev–Trinajstić information content (AvgIpc) is 2.99. The fraction of sp³-hybridized carbons (Fsp3) is 0.471. The lowest BCUT2D eigenvalue weighted by Crippen LogP contribution is -2.39. The Hall–Kier alpha value is -1.87. The molecule has 1 aromatic carbocycles. The van der Waals surface area contributed by atoms with Gasteiger partial charge in [0.05, 0.1) is 28.2 Å². The number of para-hydroxylation sites is 1. The molecule has 1 saturated heterocycles. The minimum absolute atomic E-state index is 0.0216. The predicted octanol–water partition coefficient (Wildman–Crippen LogP) is 1.15. The highest BCUT2D eigenvalue weighted by atomic mass is 32.2. The summed E-state index contributed by atoms with van der Waals surface area (Å²) in [7, 11) is -1.41. The van der Waals surface area contributed by atoms with Crippen molar-refractivity contribution in [3.8, 4) is 0 Å². The van der Waals surface area contributed by atoms with E-state index in [0.29, 0.717) is 29.0 Å². The molecule has 1 fully saturated rings. The van der Waals surface area contributed by atoms with Gasteiger partial charge in [0.15, 0.2) is 15.0 Å². The summed E-state index contributed by atoms with van der Waals surface area (Å²) in [5.41, 5.74) is 0.482. The van der Waals surface area contributed by atoms with Gasteiger partial charge in [-0.2, -0.15) is 0 Å². The Morgan fingerprint density at radius 1 is 1.38 bits per heavy atom. The number of benzene rings is 1. The average molecular weight is 396 g/mol. The molecule has 1 amide bonds. The van der Waals surface area contributed by atoms with E-state index in [1.807, 2.05) is 13.0 Å². The summed E-state index contributed by atoms with van der Waals surface area (Å²) in [6.45, 7) is 2.32. The van der Waals surface area contributed by atoms with Crippen LogP contribution in [0.15, 0.2) is 34.2 Å². The maximum atomic E-state index is 12.6. The third-order valence-corrected chi connectivity index (χ3v) is 7.33. The van der Waals surface area contributed by atoms with Crippen molar-refractivity contribution in [2.75, 3.05) is 24.3 Å². The van der Waals surface area contributed by atoms with Crippen LogP contribution >= 0.6 is 11.8 Å². The summed E-state index contributed by atoms with van der Waals surface area (Å²) in [5.74, 6) is 0.0949. The third kappa shape index (κ3) is 3.78. The molecule has 9 heteroatoms. The zero-order chi connectivity index (χ0) is 18.9. The van der Waals surface area contributed by atoms with Crippen molar-refractivity contribution in [3.63, 3.8) is 0 Å². The topological polar surface area (TPSA) is 89.3 Å². The summed E-state index contributed by atoms with van der Waals surface area (Å²) >= 11 is 1.21. The molecule has 7 nitrogen and oxygen atoms in total. The number of aromatic nitrogens is 2. The molecule has 0 N–H and O–H groups in total. The van der Waals surface area contributed by atoms with Crippen molar-refractivity contribution in [3.05, 3.63) is 34.6 Å². The van der Waals surface area contributed by atoms with E-state index < -0.39 is 9.84 Å². The molecule has 2 aromatic rings. The maximum Gasteiger partial charge on any atom is 0.262 e. The molecular weight excluding hydrogens is 374 g/mol. The molecule has 1 aliphatic heterocycles. The van der Waals surface area contributed by atoms with Crippen LogP contribution in [0.5, 0.6) is 0 Å². The molecule has 2 heterocycles. The Bertz CT molecular complexity index is 1000. The minimum Gasteiger partial charge on any atom is -0.341 e. The monoisotopic (exact) mass is 395 g/mol. The molecule has 1 atom stereocenters. The molecule has 0 saturated carbocycles. The molecule has 0 spiro atoms. The lowest BCUT2D eigenvalue weighted by atomic mass is 10.2. The Morgan fingerprint density at radius 3 is 2.77 bits per heavy atom. The molecule has 1 aromatic heterocycles. The highest BCUT2D eigenvalue weighted by molar-refractivity contribution is 7.99. The van der Waals surface area contributed by atoms with Gasteiger partial charge in [-0.25, -0.2) is 13.4 Å². The van der Waals surface area contributed by atoms with E-state index in [1.165, 1.54) is 16.7 Å². The van der Waals surface area contributed by atoms with E-state index in [2.05, 4.69) is 4.98 Å². The number of hydrogen-bond acceptors (Lipinski definition) is 6. The summed E-state index contributed by atoms with van der Waals surface area (Å²) < 4.78 is 24.8. The second-order valence-corrected chi connectivity index (χ2v) is 9.48. The summed E-state index contributed by atoms with van der Waals surface area (Å²) in [6.07, 6.45) is 0.475. The number of hydrogen-bond donors (Lipinski definition) is 0. The van der Waals surface area contributed by atoms with E-state index >= 15 is 0 Å². The number of carbonyl (C=O) groups is 1. The number of amides is 1. The molecule has 3 rings (SSSR count). The lowest BCUT2D eigenvalue weighted by molar-refractivity contribution is -0.128. The van der Waals surface area contributed by atoms with Gasteiger partial charge in [-0.1, -0.05) is 23.9 Å². The lowest BCUT2D eigenvalue weighted by Gasteiger charge is -2.23. The number of carbonyl (C=O) groups excluding carboxylic acids is 1. The van der Waals surface area contributed by atoms with Crippen molar-refractivity contribution < 1.29 is 13.2 Å². The first-order chi connectivity index (χ1) is 12.3. The number of rotatable bonds is 5. The molecule has 0 radical (unpaired) electrons. The molecule has 0 aliphatic carbocycles. The Balaban J connectivity index is 1.77. The Morgan fingerprint density at radius 2 is 2.12 bits per heavy atom. The second kappa shape index (κ2) is 7.40. The van der Waals surface area contributed by atoms with Crippen molar-refractivity contribution in [1.29, 1.82) is 0 Å². The smallest absolute Gasteiger partial charge is 0.262 e. The van der Waals surface area contributed by atoms with Gasteiger partial charge >= 0.3 is 0 Å². The van der Waals surface area contributed by atoms with Gasteiger partial charge in [0.2, 0.25) is 5.91 Å². The first-order valence-electron chi connectivity index (χ1n) is 8.41. The first-order valence-corrected chi connectivity index (χ1v) is 11.2. The standard InChI is InChI=1S/C17H21N3O4S2/c1-3-20-16(22)13-6-4-5-7-14(13)18-17(20)25-10-15(21)19(2)12-8-9-26(23,24)11-12/h4-7,12H,3,8-11H2,1-2H3/t12-/m0/s1. The summed E-state index contributed by atoms with van der Waals surface area (Å²) in [4.78, 5) is 31.1. The third-order valence-electron chi connectivity index (χ3n) is 4.62. The van der Waals surface area contributed by atoms with Gasteiger partial charge in [-0.15, -0.1) is 0 Å². The van der Waals surface area contributed by atoms with Crippen LogP contribution in [0, 0.1) is 0 Å². The van der Waals surface area contributed by atoms with Crippen molar-refractivity contribution in [2.24, 2.45) is 0 Å². The molecule has 0 bridgehead atoms. The van der Waals surface area contributed by atoms with Gasteiger partial charge < -0.3 is 4.90 Å². The van der Waals surface area contributed by atoms with Crippen LogP contribution in [0.25, 0.3) is 10.9 Å². The Labute approximate surface area is 156 Å². The molecule has 1 aliphatic rings. The molecule has 140 valence electrons. The quantitative estimate of drug-likeness (QED) is 0.557. The van der Waals surface area contributed by atoms with Gasteiger partial charge in [-0.05, 0) is 25.5 Å². The molecule has 0 unspecified atom stereocenters. The van der Waals surface area contributed by atoms with Gasteiger partial charge in [0.1, 0.15) is 0 Å².